The third-order valence-electron chi connectivity index (χ3n) is 5.95. The van der Waals surface area contributed by atoms with Crippen molar-refractivity contribution in [2.24, 2.45) is 0 Å². The van der Waals surface area contributed by atoms with Gasteiger partial charge in [-0.2, -0.15) is 5.10 Å². The quantitative estimate of drug-likeness (QED) is 0.336. The summed E-state index contributed by atoms with van der Waals surface area (Å²) in [5.74, 6) is -0.0897. The number of aryl methyl sites for hydroxylation is 2. The second kappa shape index (κ2) is 12.2. The lowest BCUT2D eigenvalue weighted by Gasteiger charge is -2.09. The molecule has 1 N–H and O–H groups in total. The largest absolute Gasteiger partial charge is 0.478 e. The molecule has 3 rings (SSSR count). The van der Waals surface area contributed by atoms with Gasteiger partial charge in [0.25, 0.3) is 0 Å². The number of carbonyl (C=O) groups is 1. The van der Waals surface area contributed by atoms with Crippen LogP contribution in [-0.4, -0.2) is 25.4 Å². The summed E-state index contributed by atoms with van der Waals surface area (Å²) in [4.78, 5) is 24.5. The van der Waals surface area contributed by atoms with Crippen LogP contribution in [0.4, 0.5) is 0 Å². The van der Waals surface area contributed by atoms with Gasteiger partial charge in [0.05, 0.1) is 12.1 Å². The Morgan fingerprint density at radius 1 is 0.909 bits per heavy atom. The molecular weight excluding hydrogens is 414 g/mol. The van der Waals surface area contributed by atoms with Crippen LogP contribution in [0.5, 0.6) is 0 Å². The lowest BCUT2D eigenvalue weighted by Crippen LogP contribution is -2.26. The first kappa shape index (κ1) is 24.5. The van der Waals surface area contributed by atoms with Crippen LogP contribution in [0.15, 0.2) is 53.3 Å². The van der Waals surface area contributed by atoms with Crippen molar-refractivity contribution in [1.82, 2.24) is 14.3 Å². The molecule has 3 aromatic rings. The lowest BCUT2D eigenvalue weighted by atomic mass is 9.99. The van der Waals surface area contributed by atoms with Gasteiger partial charge in [-0.25, -0.2) is 14.3 Å². The van der Waals surface area contributed by atoms with E-state index in [0.717, 1.165) is 42.6 Å². The molecule has 0 atom stereocenters. The molecule has 2 aromatic carbocycles. The van der Waals surface area contributed by atoms with E-state index in [-0.39, 0.29) is 11.3 Å². The summed E-state index contributed by atoms with van der Waals surface area (Å²) >= 11 is 0. The number of carboxylic acids is 1. The summed E-state index contributed by atoms with van der Waals surface area (Å²) in [6.07, 6.45) is 8.89. The lowest BCUT2D eigenvalue weighted by molar-refractivity contribution is 0.0697. The van der Waals surface area contributed by atoms with Crippen LogP contribution in [0.3, 0.4) is 0 Å². The molecule has 0 aliphatic carbocycles. The molecule has 0 amide bonds. The van der Waals surface area contributed by atoms with E-state index in [2.05, 4.69) is 12.0 Å². The van der Waals surface area contributed by atoms with Gasteiger partial charge in [0, 0.05) is 13.0 Å². The highest BCUT2D eigenvalue weighted by molar-refractivity contribution is 5.95. The smallest absolute Gasteiger partial charge is 0.346 e. The topological polar surface area (TPSA) is 77.1 Å². The average Bonchev–Trinajstić information content (AvgIpc) is 3.11. The van der Waals surface area contributed by atoms with Crippen LogP contribution in [-0.2, 0) is 19.5 Å². The second-order valence-electron chi connectivity index (χ2n) is 8.57. The van der Waals surface area contributed by atoms with Crippen LogP contribution in [0.2, 0.25) is 0 Å². The molecule has 1 heterocycles. The molecule has 1 aromatic heterocycles. The fourth-order valence-electron chi connectivity index (χ4n) is 4.14. The maximum atomic E-state index is 13.0. The molecule has 0 saturated heterocycles. The molecule has 0 saturated carbocycles. The minimum Gasteiger partial charge on any atom is -0.478 e. The highest BCUT2D eigenvalue weighted by Gasteiger charge is 2.14. The van der Waals surface area contributed by atoms with Gasteiger partial charge >= 0.3 is 11.7 Å². The van der Waals surface area contributed by atoms with Gasteiger partial charge in [-0.1, -0.05) is 88.4 Å². The zero-order chi connectivity index (χ0) is 23.6. The third kappa shape index (κ3) is 6.44. The van der Waals surface area contributed by atoms with Crippen LogP contribution in [0.25, 0.3) is 11.1 Å². The number of carboxylic acid groups (broad SMARTS) is 1. The second-order valence-corrected chi connectivity index (χ2v) is 8.57. The Balaban J connectivity index is 1.76. The summed E-state index contributed by atoms with van der Waals surface area (Å²) in [5, 5.41) is 14.1. The number of unbranched alkanes of at least 4 members (excludes halogenated alkanes) is 5. The monoisotopic (exact) mass is 449 g/mol. The predicted octanol–water partition coefficient (Wildman–Crippen LogP) is 5.77. The molecule has 0 radical (unpaired) electrons. The fraction of sp³-hybridized carbons (Fsp3) is 0.444. The summed E-state index contributed by atoms with van der Waals surface area (Å²) in [7, 11) is 0. The summed E-state index contributed by atoms with van der Waals surface area (Å²) in [5.41, 5.74) is 2.75. The van der Waals surface area contributed by atoms with Crippen LogP contribution < -0.4 is 5.69 Å². The van der Waals surface area contributed by atoms with Crippen LogP contribution in [0.1, 0.15) is 80.5 Å². The van der Waals surface area contributed by atoms with Crippen molar-refractivity contribution in [3.8, 4) is 11.1 Å². The fourth-order valence-corrected chi connectivity index (χ4v) is 4.14. The Hall–Kier alpha value is -3.15. The molecule has 0 fully saturated rings. The highest BCUT2D eigenvalue weighted by Crippen LogP contribution is 2.24. The van der Waals surface area contributed by atoms with E-state index in [1.807, 2.05) is 43.3 Å². The number of aromatic carboxylic acids is 1. The first-order chi connectivity index (χ1) is 16.0. The Morgan fingerprint density at radius 2 is 1.61 bits per heavy atom. The predicted molar refractivity (Wildman–Crippen MR) is 132 cm³/mol. The Labute approximate surface area is 195 Å². The Kier molecular flexibility index (Phi) is 9.04. The van der Waals surface area contributed by atoms with Crippen molar-refractivity contribution in [3.05, 3.63) is 76.0 Å². The molecule has 6 heteroatoms. The van der Waals surface area contributed by atoms with Crippen molar-refractivity contribution in [1.29, 1.82) is 0 Å². The van der Waals surface area contributed by atoms with E-state index in [0.29, 0.717) is 18.7 Å². The molecule has 0 unspecified atom stereocenters. The van der Waals surface area contributed by atoms with Gasteiger partial charge in [-0.15, -0.1) is 0 Å². The number of nitrogens with zero attached hydrogens (tertiary/aromatic N) is 3. The molecule has 0 aliphatic rings. The third-order valence-corrected chi connectivity index (χ3v) is 5.95. The van der Waals surface area contributed by atoms with Gasteiger partial charge in [0.2, 0.25) is 0 Å². The van der Waals surface area contributed by atoms with E-state index in [1.165, 1.54) is 25.7 Å². The van der Waals surface area contributed by atoms with Gasteiger partial charge in [0.15, 0.2) is 0 Å². The summed E-state index contributed by atoms with van der Waals surface area (Å²) in [6, 6.07) is 14.8. The van der Waals surface area contributed by atoms with Crippen LogP contribution in [0, 0.1) is 0 Å². The van der Waals surface area contributed by atoms with Gasteiger partial charge < -0.3 is 5.11 Å². The zero-order valence-corrected chi connectivity index (χ0v) is 19.8. The van der Waals surface area contributed by atoms with Crippen LogP contribution >= 0.6 is 0 Å². The van der Waals surface area contributed by atoms with E-state index in [1.54, 1.807) is 21.4 Å². The van der Waals surface area contributed by atoms with Crippen molar-refractivity contribution in [3.63, 3.8) is 0 Å². The zero-order valence-electron chi connectivity index (χ0n) is 19.8. The van der Waals surface area contributed by atoms with Crippen molar-refractivity contribution < 1.29 is 9.90 Å². The number of rotatable bonds is 13. The number of aromatic nitrogens is 3. The van der Waals surface area contributed by atoms with Gasteiger partial charge in [0.1, 0.15) is 5.82 Å². The first-order valence-electron chi connectivity index (χ1n) is 12.1. The SMILES string of the molecule is CCCCCCCCc1nn(CCC)c(=O)n1Cc1ccc(-c2ccccc2C(=O)O)cc1. The first-order valence-corrected chi connectivity index (χ1v) is 12.1. The van der Waals surface area contributed by atoms with Gasteiger partial charge in [-0.05, 0) is 35.6 Å². The molecule has 33 heavy (non-hydrogen) atoms. The van der Waals surface area contributed by atoms with Crippen molar-refractivity contribution >= 4 is 5.97 Å². The highest BCUT2D eigenvalue weighted by atomic mass is 16.4. The summed E-state index contributed by atoms with van der Waals surface area (Å²) < 4.78 is 3.38. The maximum Gasteiger partial charge on any atom is 0.346 e. The van der Waals surface area contributed by atoms with Crippen molar-refractivity contribution in [2.75, 3.05) is 0 Å². The molecule has 0 aliphatic heterocycles. The van der Waals surface area contributed by atoms with E-state index >= 15 is 0 Å². The minimum atomic E-state index is -0.941. The molecular formula is C27H35N3O3. The summed E-state index contributed by atoms with van der Waals surface area (Å²) in [6.45, 7) is 5.36. The molecule has 0 spiro atoms. The number of hydrogen-bond donors (Lipinski definition) is 1. The van der Waals surface area contributed by atoms with Crippen molar-refractivity contribution in [2.45, 2.75) is 78.3 Å². The maximum absolute atomic E-state index is 13.0. The minimum absolute atomic E-state index is 0.0573. The Bertz CT molecular complexity index is 1100. The Morgan fingerprint density at radius 3 is 2.30 bits per heavy atom. The van der Waals surface area contributed by atoms with E-state index in [4.69, 9.17) is 0 Å². The standard InChI is InChI=1S/C27H35N3O3/c1-3-5-6-7-8-9-14-25-28-30(19-4-2)27(33)29(25)20-21-15-17-22(18-16-21)23-12-10-11-13-24(23)26(31)32/h10-13,15-18H,3-9,14,19-20H2,1-2H3,(H,31,32). The normalized spacial score (nSPS) is 11.1. The molecule has 176 valence electrons. The van der Waals surface area contributed by atoms with E-state index in [9.17, 15) is 14.7 Å². The molecule has 6 nitrogen and oxygen atoms in total. The molecule has 0 bridgehead atoms. The average molecular weight is 450 g/mol. The number of benzene rings is 2. The van der Waals surface area contributed by atoms with Gasteiger partial charge in [-0.3, -0.25) is 4.57 Å². The van der Waals surface area contributed by atoms with E-state index < -0.39 is 5.97 Å². The number of hydrogen-bond acceptors (Lipinski definition) is 3.